The van der Waals surface area contributed by atoms with Crippen molar-refractivity contribution in [2.45, 2.75) is 6.42 Å². The lowest BCUT2D eigenvalue weighted by atomic mass is 10.1. The molecule has 1 saturated heterocycles. The molecule has 2 heterocycles. The average Bonchev–Trinajstić information content (AvgIpc) is 3.32. The highest BCUT2D eigenvalue weighted by atomic mass is 16.5. The number of nitrogens with one attached hydrogen (secondary N) is 3. The van der Waals surface area contributed by atoms with Crippen molar-refractivity contribution < 1.29 is 28.5 Å². The smallest absolute Gasteiger partial charge is 0.333 e. The molecular weight excluding hydrogens is 478 g/mol. The van der Waals surface area contributed by atoms with E-state index in [-0.39, 0.29) is 6.03 Å². The third kappa shape index (κ3) is 5.95. The summed E-state index contributed by atoms with van der Waals surface area (Å²) in [4.78, 5) is 18.3. The quantitative estimate of drug-likeness (QED) is 0.380. The van der Waals surface area contributed by atoms with E-state index in [1.165, 1.54) is 26.9 Å². The number of nitrogens with zero attached hydrogens (tertiary/aromatic N) is 2. The summed E-state index contributed by atoms with van der Waals surface area (Å²) in [6, 6.07) is 7.04. The molecule has 0 radical (unpaired) electrons. The Labute approximate surface area is 216 Å². The van der Waals surface area contributed by atoms with Gasteiger partial charge in [0.15, 0.2) is 23.0 Å². The van der Waals surface area contributed by atoms with Crippen LogP contribution in [0.25, 0.3) is 10.9 Å². The van der Waals surface area contributed by atoms with E-state index in [9.17, 15) is 4.79 Å². The Bertz CT molecular complexity index is 1200. The fourth-order valence-electron chi connectivity index (χ4n) is 4.53. The third-order valence-electron chi connectivity index (χ3n) is 6.52. The monoisotopic (exact) mass is 513 g/mol. The second kappa shape index (κ2) is 11.9. The standard InChI is InChI=1S/C26H35N5O6/c1-33-21-14-19-17(16-27-20(19)15-22(21)34-2)6-7-30-8-10-31(11-9-30)29-26(32)28-18-12-23(35-3)25(37-5)24(13-18)36-4/h12-16,27H,6-11H2,1-5H3,(H2,28,29,32). The zero-order valence-corrected chi connectivity index (χ0v) is 22.0. The van der Waals surface area contributed by atoms with Crippen molar-refractivity contribution in [3.63, 3.8) is 0 Å². The summed E-state index contributed by atoms with van der Waals surface area (Å²) in [6.07, 6.45) is 2.96. The molecule has 3 aromatic rings. The number of piperazine rings is 1. The Balaban J connectivity index is 1.27. The Morgan fingerprint density at radius 2 is 1.46 bits per heavy atom. The first-order chi connectivity index (χ1) is 18.0. The van der Waals surface area contributed by atoms with Crippen molar-refractivity contribution in [2.75, 3.05) is 73.6 Å². The van der Waals surface area contributed by atoms with Crippen LogP contribution in [-0.2, 0) is 6.42 Å². The average molecular weight is 514 g/mol. The highest BCUT2D eigenvalue weighted by Gasteiger charge is 2.20. The zero-order chi connectivity index (χ0) is 26.4. The number of methoxy groups -OCH3 is 5. The summed E-state index contributed by atoms with van der Waals surface area (Å²) < 4.78 is 26.9. The molecule has 4 rings (SSSR count). The lowest BCUT2D eigenvalue weighted by Gasteiger charge is -2.34. The molecule has 1 aliphatic heterocycles. The number of hydrogen-bond donors (Lipinski definition) is 3. The number of aromatic amines is 1. The van der Waals surface area contributed by atoms with Gasteiger partial charge in [0.1, 0.15) is 0 Å². The molecule has 2 aromatic carbocycles. The van der Waals surface area contributed by atoms with Gasteiger partial charge in [-0.2, -0.15) is 0 Å². The van der Waals surface area contributed by atoms with Crippen molar-refractivity contribution in [2.24, 2.45) is 0 Å². The molecule has 1 aromatic heterocycles. The van der Waals surface area contributed by atoms with Crippen molar-refractivity contribution in [3.8, 4) is 28.7 Å². The molecule has 0 bridgehead atoms. The van der Waals surface area contributed by atoms with E-state index in [2.05, 4.69) is 26.8 Å². The molecule has 0 unspecified atom stereocenters. The van der Waals surface area contributed by atoms with Gasteiger partial charge in [0.05, 0.1) is 41.2 Å². The minimum atomic E-state index is -0.328. The lowest BCUT2D eigenvalue weighted by Crippen LogP contribution is -2.54. The number of fused-ring (bicyclic) bond motifs is 1. The van der Waals surface area contributed by atoms with Crippen molar-refractivity contribution in [1.29, 1.82) is 0 Å². The minimum Gasteiger partial charge on any atom is -0.493 e. The van der Waals surface area contributed by atoms with Crippen molar-refractivity contribution in [3.05, 3.63) is 36.0 Å². The molecule has 11 heteroatoms. The molecule has 3 N–H and O–H groups in total. The molecule has 37 heavy (non-hydrogen) atoms. The third-order valence-corrected chi connectivity index (χ3v) is 6.52. The van der Waals surface area contributed by atoms with E-state index in [0.717, 1.165) is 55.8 Å². The van der Waals surface area contributed by atoms with Gasteiger partial charge in [-0.15, -0.1) is 0 Å². The number of rotatable bonds is 10. The summed E-state index contributed by atoms with van der Waals surface area (Å²) in [6.45, 7) is 4.07. The molecule has 1 aliphatic rings. The SMILES string of the molecule is COc1cc2[nH]cc(CCN3CCN(NC(=O)Nc4cc(OC)c(OC)c(OC)c4)CC3)c2cc1OC. The van der Waals surface area contributed by atoms with Crippen LogP contribution in [0.1, 0.15) is 5.56 Å². The molecule has 0 saturated carbocycles. The number of ether oxygens (including phenoxy) is 5. The Morgan fingerprint density at radius 3 is 2.05 bits per heavy atom. The van der Waals surface area contributed by atoms with Crippen LogP contribution in [0, 0.1) is 0 Å². The Kier molecular flexibility index (Phi) is 8.47. The van der Waals surface area contributed by atoms with E-state index in [4.69, 9.17) is 23.7 Å². The maximum absolute atomic E-state index is 12.6. The zero-order valence-electron chi connectivity index (χ0n) is 22.0. The number of benzene rings is 2. The summed E-state index contributed by atoms with van der Waals surface area (Å²) in [7, 11) is 7.89. The highest BCUT2D eigenvalue weighted by Crippen LogP contribution is 2.40. The first kappa shape index (κ1) is 26.2. The summed E-state index contributed by atoms with van der Waals surface area (Å²) in [5, 5.41) is 5.90. The topological polar surface area (TPSA) is 110 Å². The predicted octanol–water partition coefficient (Wildman–Crippen LogP) is 3.11. The van der Waals surface area contributed by atoms with Gasteiger partial charge in [-0.05, 0) is 18.1 Å². The van der Waals surface area contributed by atoms with E-state index in [1.807, 2.05) is 17.1 Å². The number of aromatic nitrogens is 1. The number of hydrogen-bond acceptors (Lipinski definition) is 8. The molecule has 11 nitrogen and oxygen atoms in total. The van der Waals surface area contributed by atoms with Gasteiger partial charge in [-0.1, -0.05) is 0 Å². The number of carbonyl (C=O) groups excluding carboxylic acids is 1. The second-order valence-corrected chi connectivity index (χ2v) is 8.63. The lowest BCUT2D eigenvalue weighted by molar-refractivity contribution is 0.102. The first-order valence-electron chi connectivity index (χ1n) is 12.1. The van der Waals surface area contributed by atoms with E-state index in [1.54, 1.807) is 26.4 Å². The molecule has 0 aliphatic carbocycles. The normalized spacial score (nSPS) is 14.3. The molecule has 1 fully saturated rings. The van der Waals surface area contributed by atoms with Gasteiger partial charge in [-0.25, -0.2) is 9.80 Å². The van der Waals surface area contributed by atoms with Crippen LogP contribution in [0.15, 0.2) is 30.5 Å². The number of H-pyrrole nitrogens is 1. The van der Waals surface area contributed by atoms with Crippen molar-refractivity contribution >= 4 is 22.6 Å². The number of hydrazine groups is 1. The van der Waals surface area contributed by atoms with Crippen LogP contribution in [0.2, 0.25) is 0 Å². The summed E-state index contributed by atoms with van der Waals surface area (Å²) >= 11 is 0. The van der Waals surface area contributed by atoms with Gasteiger partial charge in [0.25, 0.3) is 0 Å². The molecular formula is C26H35N5O6. The largest absolute Gasteiger partial charge is 0.493 e. The van der Waals surface area contributed by atoms with Crippen LogP contribution in [0.3, 0.4) is 0 Å². The van der Waals surface area contributed by atoms with E-state index in [0.29, 0.717) is 28.7 Å². The van der Waals surface area contributed by atoms with Gasteiger partial charge in [0.2, 0.25) is 5.75 Å². The Morgan fingerprint density at radius 1 is 0.838 bits per heavy atom. The molecule has 2 amide bonds. The number of urea groups is 1. The van der Waals surface area contributed by atoms with Gasteiger partial charge >= 0.3 is 6.03 Å². The fraction of sp³-hybridized carbons (Fsp3) is 0.423. The van der Waals surface area contributed by atoms with E-state index < -0.39 is 0 Å². The first-order valence-corrected chi connectivity index (χ1v) is 12.1. The number of anilines is 1. The number of amides is 2. The molecule has 200 valence electrons. The summed E-state index contributed by atoms with van der Waals surface area (Å²) in [5.41, 5.74) is 5.73. The second-order valence-electron chi connectivity index (χ2n) is 8.63. The fourth-order valence-corrected chi connectivity index (χ4v) is 4.53. The maximum Gasteiger partial charge on any atom is 0.333 e. The molecule has 0 atom stereocenters. The minimum absolute atomic E-state index is 0.328. The summed E-state index contributed by atoms with van der Waals surface area (Å²) in [5.74, 6) is 2.84. The van der Waals surface area contributed by atoms with Crippen LogP contribution in [0.5, 0.6) is 28.7 Å². The van der Waals surface area contributed by atoms with E-state index >= 15 is 0 Å². The Hall–Kier alpha value is -3.83. The predicted molar refractivity (Wildman–Crippen MR) is 141 cm³/mol. The van der Waals surface area contributed by atoms with Crippen molar-refractivity contribution in [1.82, 2.24) is 20.3 Å². The van der Waals surface area contributed by atoms with Gasteiger partial charge in [0, 0.05) is 68.0 Å². The van der Waals surface area contributed by atoms with Gasteiger partial charge in [-0.3, -0.25) is 5.43 Å². The molecule has 0 spiro atoms. The highest BCUT2D eigenvalue weighted by molar-refractivity contribution is 5.90. The maximum atomic E-state index is 12.6. The van der Waals surface area contributed by atoms with Crippen LogP contribution < -0.4 is 34.4 Å². The van der Waals surface area contributed by atoms with Crippen LogP contribution in [0.4, 0.5) is 10.5 Å². The van der Waals surface area contributed by atoms with Crippen LogP contribution >= 0.6 is 0 Å². The number of carbonyl (C=O) groups is 1. The van der Waals surface area contributed by atoms with Crippen LogP contribution in [-0.4, -0.2) is 89.2 Å². The van der Waals surface area contributed by atoms with Gasteiger partial charge < -0.3 is 38.9 Å².